The van der Waals surface area contributed by atoms with Crippen molar-refractivity contribution in [2.75, 3.05) is 6.61 Å². The van der Waals surface area contributed by atoms with E-state index in [2.05, 4.69) is 26.7 Å². The summed E-state index contributed by atoms with van der Waals surface area (Å²) in [5.41, 5.74) is 2.47. The second-order valence-electron chi connectivity index (χ2n) is 4.35. The highest BCUT2D eigenvalue weighted by atomic mass is 32.1. The van der Waals surface area contributed by atoms with Crippen molar-refractivity contribution in [1.82, 2.24) is 14.9 Å². The van der Waals surface area contributed by atoms with E-state index in [9.17, 15) is 4.79 Å². The first-order valence-electron chi connectivity index (χ1n) is 6.46. The minimum atomic E-state index is -0.167. The highest BCUT2D eigenvalue weighted by Gasteiger charge is 2.12. The zero-order valence-electron chi connectivity index (χ0n) is 11.6. The van der Waals surface area contributed by atoms with Gasteiger partial charge in [0.15, 0.2) is 0 Å². The molecule has 1 amide bonds. The molecule has 6 heteroatoms. The number of benzene rings is 1. The van der Waals surface area contributed by atoms with Crippen molar-refractivity contribution in [3.63, 3.8) is 0 Å². The molecular formula is C15H15N3O2S. The van der Waals surface area contributed by atoms with Gasteiger partial charge in [-0.15, -0.1) is 5.10 Å². The number of amides is 1. The van der Waals surface area contributed by atoms with Crippen molar-refractivity contribution in [2.45, 2.75) is 19.9 Å². The summed E-state index contributed by atoms with van der Waals surface area (Å²) in [5.74, 6) is 5.67. The van der Waals surface area contributed by atoms with E-state index in [4.69, 9.17) is 5.11 Å². The molecule has 0 radical (unpaired) electrons. The quantitative estimate of drug-likeness (QED) is 0.839. The lowest BCUT2D eigenvalue weighted by Gasteiger charge is -2.04. The van der Waals surface area contributed by atoms with Gasteiger partial charge in [0.2, 0.25) is 0 Å². The molecule has 1 aromatic carbocycles. The maximum atomic E-state index is 12.0. The molecule has 0 saturated carbocycles. The van der Waals surface area contributed by atoms with Crippen LogP contribution in [0.2, 0.25) is 0 Å². The van der Waals surface area contributed by atoms with E-state index in [0.29, 0.717) is 23.5 Å². The summed E-state index contributed by atoms with van der Waals surface area (Å²) in [4.78, 5) is 12.5. The average Bonchev–Trinajstić information content (AvgIpc) is 2.92. The topological polar surface area (TPSA) is 75.1 Å². The van der Waals surface area contributed by atoms with Gasteiger partial charge in [-0.2, -0.15) is 0 Å². The van der Waals surface area contributed by atoms with E-state index in [1.807, 2.05) is 24.3 Å². The minimum Gasteiger partial charge on any atom is -0.395 e. The Morgan fingerprint density at radius 3 is 3.05 bits per heavy atom. The number of carbonyl (C=O) groups excluding carboxylic acids is 1. The summed E-state index contributed by atoms with van der Waals surface area (Å²) in [6.07, 6.45) is 0.457. The molecule has 1 heterocycles. The Morgan fingerprint density at radius 2 is 2.33 bits per heavy atom. The number of aromatic nitrogens is 2. The highest BCUT2D eigenvalue weighted by Crippen LogP contribution is 2.09. The molecule has 2 aromatic rings. The van der Waals surface area contributed by atoms with Gasteiger partial charge in [0, 0.05) is 18.5 Å². The number of aliphatic hydroxyl groups is 1. The fourth-order valence-electron chi connectivity index (χ4n) is 1.68. The van der Waals surface area contributed by atoms with Crippen LogP contribution in [-0.2, 0) is 6.54 Å². The molecule has 1 aromatic heterocycles. The molecule has 108 valence electrons. The van der Waals surface area contributed by atoms with Gasteiger partial charge in [-0.3, -0.25) is 4.79 Å². The third kappa shape index (κ3) is 4.38. The Kier molecular flexibility index (Phi) is 5.43. The number of carbonyl (C=O) groups is 1. The number of aliphatic hydroxyl groups excluding tert-OH is 1. The Balaban J connectivity index is 1.98. The van der Waals surface area contributed by atoms with Crippen molar-refractivity contribution in [3.8, 4) is 11.8 Å². The molecule has 0 atom stereocenters. The molecule has 0 aliphatic rings. The Morgan fingerprint density at radius 1 is 1.48 bits per heavy atom. The van der Waals surface area contributed by atoms with Crippen molar-refractivity contribution in [1.29, 1.82) is 0 Å². The van der Waals surface area contributed by atoms with Crippen LogP contribution in [-0.4, -0.2) is 27.2 Å². The first-order chi connectivity index (χ1) is 10.2. The Hall–Kier alpha value is -2.23. The predicted octanol–water partition coefficient (Wildman–Crippen LogP) is 1.51. The lowest BCUT2D eigenvalue weighted by Crippen LogP contribution is -2.22. The van der Waals surface area contributed by atoms with Crippen molar-refractivity contribution < 1.29 is 9.90 Å². The number of nitrogens with zero attached hydrogens (tertiary/aromatic N) is 2. The molecule has 5 nitrogen and oxygen atoms in total. The predicted molar refractivity (Wildman–Crippen MR) is 80.8 cm³/mol. The molecule has 0 bridgehead atoms. The summed E-state index contributed by atoms with van der Waals surface area (Å²) < 4.78 is 3.75. The summed E-state index contributed by atoms with van der Waals surface area (Å²) in [6.45, 7) is 2.24. The Bertz CT molecular complexity index is 685. The van der Waals surface area contributed by atoms with E-state index < -0.39 is 0 Å². The van der Waals surface area contributed by atoms with Gasteiger partial charge in [-0.05, 0) is 36.2 Å². The van der Waals surface area contributed by atoms with E-state index in [-0.39, 0.29) is 12.5 Å². The first kappa shape index (κ1) is 15.2. The second kappa shape index (κ2) is 7.53. The monoisotopic (exact) mass is 301 g/mol. The van der Waals surface area contributed by atoms with Crippen molar-refractivity contribution in [2.24, 2.45) is 0 Å². The van der Waals surface area contributed by atoms with E-state index in [1.165, 1.54) is 0 Å². The number of aryl methyl sites for hydroxylation is 1. The molecule has 0 aliphatic heterocycles. The summed E-state index contributed by atoms with van der Waals surface area (Å²) >= 11 is 1.09. The zero-order chi connectivity index (χ0) is 15.1. The van der Waals surface area contributed by atoms with Gasteiger partial charge in [-0.25, -0.2) is 0 Å². The SMILES string of the molecule is Cc1nnsc1C(=O)NCc1cccc(C#CCCO)c1. The second-order valence-corrected chi connectivity index (χ2v) is 5.10. The fourth-order valence-corrected chi connectivity index (χ4v) is 2.25. The summed E-state index contributed by atoms with van der Waals surface area (Å²) in [5, 5.41) is 15.4. The smallest absolute Gasteiger partial charge is 0.265 e. The fraction of sp³-hybridized carbons (Fsp3) is 0.267. The molecular weight excluding hydrogens is 286 g/mol. The van der Waals surface area contributed by atoms with Crippen LogP contribution in [0.25, 0.3) is 0 Å². The molecule has 0 fully saturated rings. The third-order valence-corrected chi connectivity index (χ3v) is 3.53. The normalized spacial score (nSPS) is 9.81. The maximum Gasteiger partial charge on any atom is 0.265 e. The molecule has 21 heavy (non-hydrogen) atoms. The zero-order valence-corrected chi connectivity index (χ0v) is 12.4. The van der Waals surface area contributed by atoms with Crippen LogP contribution in [0.15, 0.2) is 24.3 Å². The van der Waals surface area contributed by atoms with Crippen LogP contribution in [0.4, 0.5) is 0 Å². The van der Waals surface area contributed by atoms with Gasteiger partial charge >= 0.3 is 0 Å². The van der Waals surface area contributed by atoms with Crippen LogP contribution < -0.4 is 5.32 Å². The van der Waals surface area contributed by atoms with E-state index >= 15 is 0 Å². The molecule has 0 saturated heterocycles. The van der Waals surface area contributed by atoms with Gasteiger partial charge in [0.1, 0.15) is 4.88 Å². The van der Waals surface area contributed by atoms with Crippen LogP contribution >= 0.6 is 11.5 Å². The standard InChI is InChI=1S/C15H15N3O2S/c1-11-14(21-18-17-11)15(20)16-10-13-7-4-6-12(9-13)5-2-3-8-19/h4,6-7,9,19H,3,8,10H2,1H3,(H,16,20). The largest absolute Gasteiger partial charge is 0.395 e. The number of hydrogen-bond acceptors (Lipinski definition) is 5. The first-order valence-corrected chi connectivity index (χ1v) is 7.24. The van der Waals surface area contributed by atoms with Gasteiger partial charge in [0.25, 0.3) is 5.91 Å². The lowest BCUT2D eigenvalue weighted by molar-refractivity contribution is 0.0954. The van der Waals surface area contributed by atoms with E-state index in [1.54, 1.807) is 6.92 Å². The van der Waals surface area contributed by atoms with E-state index in [0.717, 1.165) is 22.7 Å². The third-order valence-electron chi connectivity index (χ3n) is 2.71. The van der Waals surface area contributed by atoms with Crippen LogP contribution in [0.3, 0.4) is 0 Å². The number of hydrogen-bond donors (Lipinski definition) is 2. The van der Waals surface area contributed by atoms with Gasteiger partial charge < -0.3 is 10.4 Å². The highest BCUT2D eigenvalue weighted by molar-refractivity contribution is 7.07. The van der Waals surface area contributed by atoms with Gasteiger partial charge in [-0.1, -0.05) is 28.5 Å². The van der Waals surface area contributed by atoms with Gasteiger partial charge in [0.05, 0.1) is 12.3 Å². The molecule has 0 unspecified atom stereocenters. The Labute approximate surface area is 127 Å². The molecule has 0 spiro atoms. The summed E-state index contributed by atoms with van der Waals surface area (Å²) in [7, 11) is 0. The van der Waals surface area contributed by atoms with Crippen LogP contribution in [0, 0.1) is 18.8 Å². The maximum absolute atomic E-state index is 12.0. The lowest BCUT2D eigenvalue weighted by atomic mass is 10.1. The molecule has 0 aliphatic carbocycles. The molecule has 2 N–H and O–H groups in total. The van der Waals surface area contributed by atoms with Crippen molar-refractivity contribution in [3.05, 3.63) is 46.0 Å². The van der Waals surface area contributed by atoms with Crippen LogP contribution in [0.5, 0.6) is 0 Å². The average molecular weight is 301 g/mol. The number of nitrogens with one attached hydrogen (secondary N) is 1. The summed E-state index contributed by atoms with van der Waals surface area (Å²) in [6, 6.07) is 7.63. The molecule has 2 rings (SSSR count). The van der Waals surface area contributed by atoms with Crippen molar-refractivity contribution >= 4 is 17.4 Å². The minimum absolute atomic E-state index is 0.0605. The van der Waals surface area contributed by atoms with Crippen LogP contribution in [0.1, 0.15) is 32.9 Å². The number of rotatable bonds is 4.